The van der Waals surface area contributed by atoms with Gasteiger partial charge in [-0.25, -0.2) is 0 Å². The van der Waals surface area contributed by atoms with Gasteiger partial charge in [0, 0.05) is 46.0 Å². The molecule has 2 aromatic rings. The number of benzene rings is 2. The van der Waals surface area contributed by atoms with E-state index in [0.29, 0.717) is 25.0 Å². The van der Waals surface area contributed by atoms with Crippen LogP contribution in [-0.2, 0) is 11.4 Å². The highest BCUT2D eigenvalue weighted by Gasteiger charge is 2.22. The van der Waals surface area contributed by atoms with Crippen LogP contribution in [0.5, 0.6) is 5.75 Å². The molecule has 0 atom stereocenters. The van der Waals surface area contributed by atoms with Crippen LogP contribution in [0.2, 0.25) is 10.0 Å². The van der Waals surface area contributed by atoms with Gasteiger partial charge in [0.2, 0.25) is 0 Å². The van der Waals surface area contributed by atoms with Gasteiger partial charge in [-0.2, -0.15) is 0 Å². The molecule has 4 nitrogen and oxygen atoms in total. The highest BCUT2D eigenvalue weighted by atomic mass is 35.5. The van der Waals surface area contributed by atoms with Gasteiger partial charge in [0.15, 0.2) is 0 Å². The van der Waals surface area contributed by atoms with Crippen LogP contribution in [0, 0.1) is 0 Å². The molecule has 0 bridgehead atoms. The number of hydrogen-bond acceptors (Lipinski definition) is 5. The van der Waals surface area contributed by atoms with Gasteiger partial charge in [0.05, 0.1) is 4.91 Å². The first kappa shape index (κ1) is 22.0. The topological polar surface area (TPSA) is 41.6 Å². The van der Waals surface area contributed by atoms with Crippen molar-refractivity contribution in [2.45, 2.75) is 20.5 Å². The van der Waals surface area contributed by atoms with E-state index < -0.39 is 0 Å². The molecule has 1 saturated heterocycles. The third-order valence-electron chi connectivity index (χ3n) is 4.45. The number of carbonyl (C=O) groups is 1. The summed E-state index contributed by atoms with van der Waals surface area (Å²) in [5.74, 6) is 0.471. The lowest BCUT2D eigenvalue weighted by molar-refractivity contribution is -0.115. The van der Waals surface area contributed by atoms with Gasteiger partial charge >= 0.3 is 0 Å². The average Bonchev–Trinajstić information content (AvgIpc) is 3.00. The standard InChI is InChI=1S/C21H20Cl2N2O2S2/c1-3-25(4-2)16-8-6-13(9-19-20(26)24-21(28)29-19)18(11-16)27-12-14-5-7-15(22)10-17(14)23/h5-11H,3-4,12H2,1-2H3,(H,24,26,28). The molecule has 1 aliphatic rings. The molecular formula is C21H20Cl2N2O2S2. The maximum Gasteiger partial charge on any atom is 0.263 e. The van der Waals surface area contributed by atoms with E-state index in [0.717, 1.165) is 29.9 Å². The quantitative estimate of drug-likeness (QED) is 0.405. The van der Waals surface area contributed by atoms with Crippen molar-refractivity contribution in [2.75, 3.05) is 18.0 Å². The molecule has 2 aromatic carbocycles. The first-order valence-corrected chi connectivity index (χ1v) is 11.1. The lowest BCUT2D eigenvalue weighted by Crippen LogP contribution is -2.21. The molecule has 1 fully saturated rings. The molecule has 0 spiro atoms. The number of thiocarbonyl (C=S) groups is 1. The van der Waals surface area contributed by atoms with Crippen LogP contribution in [0.25, 0.3) is 6.08 Å². The number of halogens is 2. The van der Waals surface area contributed by atoms with E-state index in [9.17, 15) is 4.79 Å². The lowest BCUT2D eigenvalue weighted by atomic mass is 10.1. The molecule has 0 aliphatic carbocycles. The monoisotopic (exact) mass is 466 g/mol. The average molecular weight is 467 g/mol. The Morgan fingerprint density at radius 3 is 2.55 bits per heavy atom. The zero-order valence-electron chi connectivity index (χ0n) is 16.0. The van der Waals surface area contributed by atoms with Crippen molar-refractivity contribution >= 4 is 69.2 Å². The third kappa shape index (κ3) is 5.45. The summed E-state index contributed by atoms with van der Waals surface area (Å²) >= 11 is 18.6. The van der Waals surface area contributed by atoms with Gasteiger partial charge in [-0.05, 0) is 44.2 Å². The second kappa shape index (κ2) is 9.85. The van der Waals surface area contributed by atoms with Crippen molar-refractivity contribution in [3.05, 3.63) is 62.5 Å². The SMILES string of the molecule is CCN(CC)c1ccc(C=C2SC(=S)NC2=O)c(OCc2ccc(Cl)cc2Cl)c1. The predicted molar refractivity (Wildman–Crippen MR) is 127 cm³/mol. The Bertz CT molecular complexity index is 975. The summed E-state index contributed by atoms with van der Waals surface area (Å²) in [5.41, 5.74) is 2.68. The highest BCUT2D eigenvalue weighted by Crippen LogP contribution is 2.33. The van der Waals surface area contributed by atoms with Crippen LogP contribution in [0.3, 0.4) is 0 Å². The fraction of sp³-hybridized carbons (Fsp3) is 0.238. The maximum absolute atomic E-state index is 12.1. The van der Waals surface area contributed by atoms with Crippen LogP contribution >= 0.6 is 47.2 Å². The summed E-state index contributed by atoms with van der Waals surface area (Å²) in [5, 5.41) is 3.76. The Balaban J connectivity index is 1.94. The molecule has 1 amide bonds. The minimum absolute atomic E-state index is 0.195. The van der Waals surface area contributed by atoms with Crippen LogP contribution in [0.1, 0.15) is 25.0 Å². The van der Waals surface area contributed by atoms with Crippen LogP contribution < -0.4 is 15.0 Å². The molecule has 1 heterocycles. The molecule has 0 saturated carbocycles. The number of hydrogen-bond donors (Lipinski definition) is 1. The Labute approximate surface area is 190 Å². The molecule has 1 aliphatic heterocycles. The predicted octanol–water partition coefficient (Wildman–Crippen LogP) is 5.91. The smallest absolute Gasteiger partial charge is 0.263 e. The Morgan fingerprint density at radius 2 is 1.93 bits per heavy atom. The third-order valence-corrected chi connectivity index (χ3v) is 6.20. The van der Waals surface area contributed by atoms with Gasteiger partial charge in [0.25, 0.3) is 5.91 Å². The maximum atomic E-state index is 12.1. The van der Waals surface area contributed by atoms with Crippen LogP contribution in [0.4, 0.5) is 5.69 Å². The number of anilines is 1. The minimum atomic E-state index is -0.195. The number of nitrogens with zero attached hydrogens (tertiary/aromatic N) is 1. The van der Waals surface area contributed by atoms with Crippen molar-refractivity contribution < 1.29 is 9.53 Å². The van der Waals surface area contributed by atoms with E-state index in [2.05, 4.69) is 24.1 Å². The number of amides is 1. The van der Waals surface area contributed by atoms with E-state index >= 15 is 0 Å². The summed E-state index contributed by atoms with van der Waals surface area (Å²) in [6.07, 6.45) is 1.80. The van der Waals surface area contributed by atoms with Crippen molar-refractivity contribution in [2.24, 2.45) is 0 Å². The van der Waals surface area contributed by atoms with Gasteiger partial charge in [-0.3, -0.25) is 4.79 Å². The van der Waals surface area contributed by atoms with Gasteiger partial charge in [0.1, 0.15) is 16.7 Å². The molecule has 0 aromatic heterocycles. The normalized spacial score (nSPS) is 15.0. The summed E-state index contributed by atoms with van der Waals surface area (Å²) in [4.78, 5) is 14.8. The van der Waals surface area contributed by atoms with Gasteiger partial charge in [-0.1, -0.05) is 53.2 Å². The molecule has 3 rings (SSSR count). The van der Waals surface area contributed by atoms with Crippen molar-refractivity contribution in [1.82, 2.24) is 5.32 Å². The highest BCUT2D eigenvalue weighted by molar-refractivity contribution is 8.26. The fourth-order valence-electron chi connectivity index (χ4n) is 2.91. The number of rotatable bonds is 7. The Hall–Kier alpha value is -1.73. The second-order valence-electron chi connectivity index (χ2n) is 6.27. The first-order chi connectivity index (χ1) is 13.9. The van der Waals surface area contributed by atoms with Gasteiger partial charge in [-0.15, -0.1) is 0 Å². The van der Waals surface area contributed by atoms with E-state index in [1.54, 1.807) is 18.2 Å². The van der Waals surface area contributed by atoms with Gasteiger partial charge < -0.3 is 15.0 Å². The molecule has 8 heteroatoms. The summed E-state index contributed by atoms with van der Waals surface area (Å²) in [6.45, 7) is 6.26. The van der Waals surface area contributed by atoms with Crippen molar-refractivity contribution in [3.8, 4) is 5.75 Å². The lowest BCUT2D eigenvalue weighted by Gasteiger charge is -2.22. The Kier molecular flexibility index (Phi) is 7.46. The number of carbonyl (C=O) groups excluding carboxylic acids is 1. The Morgan fingerprint density at radius 1 is 1.17 bits per heavy atom. The van der Waals surface area contributed by atoms with Crippen LogP contribution in [0.15, 0.2) is 41.3 Å². The molecule has 152 valence electrons. The molecular weight excluding hydrogens is 447 g/mol. The first-order valence-electron chi connectivity index (χ1n) is 9.11. The zero-order chi connectivity index (χ0) is 21.0. The zero-order valence-corrected chi connectivity index (χ0v) is 19.1. The number of thioether (sulfide) groups is 1. The van der Waals surface area contributed by atoms with Crippen molar-refractivity contribution in [3.63, 3.8) is 0 Å². The molecule has 1 N–H and O–H groups in total. The fourth-order valence-corrected chi connectivity index (χ4v) is 4.41. The molecule has 0 radical (unpaired) electrons. The second-order valence-corrected chi connectivity index (χ2v) is 8.83. The molecule has 29 heavy (non-hydrogen) atoms. The van der Waals surface area contributed by atoms with E-state index in [1.807, 2.05) is 24.3 Å². The minimum Gasteiger partial charge on any atom is -0.488 e. The number of nitrogens with one attached hydrogen (secondary N) is 1. The summed E-state index contributed by atoms with van der Waals surface area (Å²) < 4.78 is 6.58. The van der Waals surface area contributed by atoms with E-state index in [4.69, 9.17) is 40.2 Å². The summed E-state index contributed by atoms with van der Waals surface area (Å²) in [7, 11) is 0. The van der Waals surface area contributed by atoms with Crippen LogP contribution in [-0.4, -0.2) is 23.3 Å². The molecule has 0 unspecified atom stereocenters. The summed E-state index contributed by atoms with van der Waals surface area (Å²) in [6, 6.07) is 11.3. The van der Waals surface area contributed by atoms with E-state index in [-0.39, 0.29) is 12.5 Å². The van der Waals surface area contributed by atoms with Crippen molar-refractivity contribution in [1.29, 1.82) is 0 Å². The van der Waals surface area contributed by atoms with E-state index in [1.165, 1.54) is 11.8 Å². The largest absolute Gasteiger partial charge is 0.488 e. The number of ether oxygens (including phenoxy) is 1.